The third kappa shape index (κ3) is 5.07. The van der Waals surface area contributed by atoms with Gasteiger partial charge in [-0.25, -0.2) is 4.83 Å². The molecule has 0 amide bonds. The fourth-order valence-corrected chi connectivity index (χ4v) is 3.31. The van der Waals surface area contributed by atoms with Gasteiger partial charge in [-0.15, -0.1) is 0 Å². The molecule has 0 bridgehead atoms. The van der Waals surface area contributed by atoms with E-state index in [1.54, 1.807) is 36.4 Å². The number of sulfonamides is 1. The Morgan fingerprint density at radius 3 is 2.64 bits per heavy atom. The molecule has 0 fully saturated rings. The summed E-state index contributed by atoms with van der Waals surface area (Å²) in [6.07, 6.45) is 3.00. The first-order valence-electron chi connectivity index (χ1n) is 7.19. The third-order valence-corrected chi connectivity index (χ3v) is 4.86. The fourth-order valence-electron chi connectivity index (χ4n) is 1.92. The standard InChI is InChI=1S/C17H17BrN2O4S/c1-3-9-24-17-15(18)10-13(11-16(17)23-2)12-19-20-25(21,22)14-7-5-4-6-8-14/h3-8,10-12,20H,1,9H2,2H3/b19-12-. The van der Waals surface area contributed by atoms with Gasteiger partial charge in [0.1, 0.15) is 6.61 Å². The van der Waals surface area contributed by atoms with Gasteiger partial charge < -0.3 is 9.47 Å². The molecule has 0 radical (unpaired) electrons. The highest BCUT2D eigenvalue weighted by atomic mass is 79.9. The van der Waals surface area contributed by atoms with Gasteiger partial charge in [-0.05, 0) is 45.8 Å². The summed E-state index contributed by atoms with van der Waals surface area (Å²) in [5.74, 6) is 1.02. The van der Waals surface area contributed by atoms with E-state index in [4.69, 9.17) is 9.47 Å². The second kappa shape index (κ2) is 8.68. The minimum absolute atomic E-state index is 0.138. The highest BCUT2D eigenvalue weighted by Crippen LogP contribution is 2.36. The summed E-state index contributed by atoms with van der Waals surface area (Å²) in [5, 5.41) is 3.80. The smallest absolute Gasteiger partial charge is 0.276 e. The Morgan fingerprint density at radius 2 is 2.00 bits per heavy atom. The molecule has 0 spiro atoms. The summed E-state index contributed by atoms with van der Waals surface area (Å²) in [5.41, 5.74) is 0.630. The lowest BCUT2D eigenvalue weighted by molar-refractivity contribution is 0.324. The number of hydrogen-bond donors (Lipinski definition) is 1. The first-order chi connectivity index (χ1) is 12.0. The summed E-state index contributed by atoms with van der Waals surface area (Å²) in [7, 11) is -2.19. The van der Waals surface area contributed by atoms with E-state index in [9.17, 15) is 8.42 Å². The molecule has 25 heavy (non-hydrogen) atoms. The number of rotatable bonds is 8. The van der Waals surface area contributed by atoms with Crippen LogP contribution < -0.4 is 14.3 Å². The van der Waals surface area contributed by atoms with Crippen molar-refractivity contribution < 1.29 is 17.9 Å². The maximum absolute atomic E-state index is 12.1. The van der Waals surface area contributed by atoms with Crippen molar-refractivity contribution in [3.8, 4) is 11.5 Å². The number of hydrogen-bond acceptors (Lipinski definition) is 5. The zero-order valence-corrected chi connectivity index (χ0v) is 15.9. The predicted molar refractivity (Wildman–Crippen MR) is 101 cm³/mol. The van der Waals surface area contributed by atoms with Crippen LogP contribution in [-0.4, -0.2) is 28.3 Å². The first kappa shape index (κ1) is 19.0. The zero-order chi connectivity index (χ0) is 18.3. The van der Waals surface area contributed by atoms with Gasteiger partial charge in [-0.2, -0.15) is 13.5 Å². The minimum Gasteiger partial charge on any atom is -0.493 e. The molecule has 2 aromatic carbocycles. The van der Waals surface area contributed by atoms with Crippen LogP contribution >= 0.6 is 15.9 Å². The van der Waals surface area contributed by atoms with Gasteiger partial charge in [0.05, 0.1) is 22.7 Å². The van der Waals surface area contributed by atoms with Crippen molar-refractivity contribution in [2.45, 2.75) is 4.90 Å². The van der Waals surface area contributed by atoms with Crippen LogP contribution in [0.15, 0.2) is 69.6 Å². The Labute approximate surface area is 155 Å². The molecule has 0 saturated carbocycles. The Kier molecular flexibility index (Phi) is 6.60. The molecule has 0 aromatic heterocycles. The molecule has 0 saturated heterocycles. The Hall–Kier alpha value is -2.32. The van der Waals surface area contributed by atoms with E-state index in [1.165, 1.54) is 25.5 Å². The van der Waals surface area contributed by atoms with E-state index in [2.05, 4.69) is 32.4 Å². The summed E-state index contributed by atoms with van der Waals surface area (Å²) < 4.78 is 35.7. The highest BCUT2D eigenvalue weighted by Gasteiger charge is 2.12. The quantitative estimate of drug-likeness (QED) is 0.400. The Balaban J connectivity index is 2.18. The van der Waals surface area contributed by atoms with Gasteiger partial charge >= 0.3 is 0 Å². The van der Waals surface area contributed by atoms with Gasteiger partial charge in [0.2, 0.25) is 0 Å². The second-order valence-electron chi connectivity index (χ2n) is 4.80. The molecule has 0 aliphatic carbocycles. The van der Waals surface area contributed by atoms with Crippen LogP contribution in [0, 0.1) is 0 Å². The van der Waals surface area contributed by atoms with Crippen molar-refractivity contribution in [3.63, 3.8) is 0 Å². The van der Waals surface area contributed by atoms with Crippen LogP contribution in [0.4, 0.5) is 0 Å². The maximum Gasteiger partial charge on any atom is 0.276 e. The molecule has 0 atom stereocenters. The average molecular weight is 425 g/mol. The number of methoxy groups -OCH3 is 1. The first-order valence-corrected chi connectivity index (χ1v) is 9.46. The lowest BCUT2D eigenvalue weighted by Crippen LogP contribution is -2.18. The molecule has 0 aliphatic heterocycles. The molecule has 8 heteroatoms. The molecular formula is C17H17BrN2O4S. The Bertz CT molecular complexity index is 868. The van der Waals surface area contributed by atoms with Crippen LogP contribution in [0.3, 0.4) is 0 Å². The number of nitrogens with zero attached hydrogens (tertiary/aromatic N) is 1. The molecule has 0 heterocycles. The monoisotopic (exact) mass is 424 g/mol. The molecule has 2 aromatic rings. The van der Waals surface area contributed by atoms with Gasteiger partial charge in [-0.3, -0.25) is 0 Å². The van der Waals surface area contributed by atoms with Crippen molar-refractivity contribution in [2.24, 2.45) is 5.10 Å². The van der Waals surface area contributed by atoms with Crippen LogP contribution in [-0.2, 0) is 10.0 Å². The second-order valence-corrected chi connectivity index (χ2v) is 7.31. The van der Waals surface area contributed by atoms with Crippen molar-refractivity contribution in [3.05, 3.63) is 65.2 Å². The van der Waals surface area contributed by atoms with E-state index in [1.807, 2.05) is 0 Å². The van der Waals surface area contributed by atoms with Gasteiger partial charge in [0, 0.05) is 0 Å². The van der Waals surface area contributed by atoms with Gasteiger partial charge in [-0.1, -0.05) is 30.9 Å². The normalized spacial score (nSPS) is 11.3. The van der Waals surface area contributed by atoms with Crippen LogP contribution in [0.2, 0.25) is 0 Å². The lowest BCUT2D eigenvalue weighted by atomic mass is 10.2. The summed E-state index contributed by atoms with van der Waals surface area (Å²) in [6.45, 7) is 3.93. The SMILES string of the molecule is C=CCOc1c(Br)cc(/C=N\NS(=O)(=O)c2ccccc2)cc1OC. The number of nitrogens with one attached hydrogen (secondary N) is 1. The van der Waals surface area contributed by atoms with Crippen molar-refractivity contribution >= 4 is 32.2 Å². The van der Waals surface area contributed by atoms with Crippen LogP contribution in [0.25, 0.3) is 0 Å². The molecule has 1 N–H and O–H groups in total. The third-order valence-electron chi connectivity index (χ3n) is 3.04. The fraction of sp³-hybridized carbons (Fsp3) is 0.118. The summed E-state index contributed by atoms with van der Waals surface area (Å²) >= 11 is 3.40. The summed E-state index contributed by atoms with van der Waals surface area (Å²) in [4.78, 5) is 2.31. The van der Waals surface area contributed by atoms with E-state index in [0.717, 1.165) is 0 Å². The van der Waals surface area contributed by atoms with E-state index < -0.39 is 10.0 Å². The highest BCUT2D eigenvalue weighted by molar-refractivity contribution is 9.10. The van der Waals surface area contributed by atoms with E-state index >= 15 is 0 Å². The Morgan fingerprint density at radius 1 is 1.28 bits per heavy atom. The van der Waals surface area contributed by atoms with Gasteiger partial charge in [0.15, 0.2) is 11.5 Å². The number of hydrazone groups is 1. The average Bonchev–Trinajstić information content (AvgIpc) is 2.61. The van der Waals surface area contributed by atoms with Crippen molar-refractivity contribution in [2.75, 3.05) is 13.7 Å². The molecular weight excluding hydrogens is 408 g/mol. The number of ether oxygens (including phenoxy) is 2. The molecule has 6 nitrogen and oxygen atoms in total. The number of benzene rings is 2. The van der Waals surface area contributed by atoms with Crippen LogP contribution in [0.5, 0.6) is 11.5 Å². The van der Waals surface area contributed by atoms with E-state index in [0.29, 0.717) is 28.1 Å². The maximum atomic E-state index is 12.1. The lowest BCUT2D eigenvalue weighted by Gasteiger charge is -2.12. The summed E-state index contributed by atoms with van der Waals surface area (Å²) in [6, 6.07) is 11.4. The molecule has 132 valence electrons. The van der Waals surface area contributed by atoms with E-state index in [-0.39, 0.29) is 4.90 Å². The topological polar surface area (TPSA) is 77.0 Å². The van der Waals surface area contributed by atoms with Crippen molar-refractivity contribution in [1.82, 2.24) is 4.83 Å². The number of halogens is 1. The minimum atomic E-state index is -3.70. The molecule has 0 unspecified atom stereocenters. The van der Waals surface area contributed by atoms with Crippen LogP contribution in [0.1, 0.15) is 5.56 Å². The van der Waals surface area contributed by atoms with Crippen molar-refractivity contribution in [1.29, 1.82) is 0 Å². The zero-order valence-electron chi connectivity index (χ0n) is 13.5. The van der Waals surface area contributed by atoms with Gasteiger partial charge in [0.25, 0.3) is 10.0 Å². The molecule has 0 aliphatic rings. The molecule has 2 rings (SSSR count). The predicted octanol–water partition coefficient (Wildman–Crippen LogP) is 3.33. The largest absolute Gasteiger partial charge is 0.493 e.